The van der Waals surface area contributed by atoms with E-state index in [1.807, 2.05) is 42.6 Å². The normalized spacial score (nSPS) is 25.0. The number of nitrogens with zero attached hydrogens (tertiary/aromatic N) is 2. The molecule has 3 aliphatic carbocycles. The molecule has 41 heavy (non-hydrogen) atoms. The third-order valence-electron chi connectivity index (χ3n) is 7.80. The molecule has 1 saturated carbocycles. The molecule has 4 aliphatic rings. The van der Waals surface area contributed by atoms with Crippen molar-refractivity contribution in [2.45, 2.75) is 38.0 Å². The molecule has 0 spiro atoms. The fraction of sp³-hybridized carbons (Fsp3) is 0.310. The monoisotopic (exact) mass is 685 g/mol. The van der Waals surface area contributed by atoms with Gasteiger partial charge in [0.05, 0.1) is 22.6 Å². The molecule has 10 nitrogen and oxygen atoms in total. The second kappa shape index (κ2) is 11.5. The molecule has 1 aromatic heterocycles. The van der Waals surface area contributed by atoms with Gasteiger partial charge in [0.25, 0.3) is 5.91 Å². The van der Waals surface area contributed by atoms with Crippen LogP contribution in [0.3, 0.4) is 0 Å². The maximum atomic E-state index is 13.3. The lowest BCUT2D eigenvalue weighted by Gasteiger charge is -2.34. The molecule has 1 fully saturated rings. The molecule has 1 aromatic carbocycles. The van der Waals surface area contributed by atoms with Crippen molar-refractivity contribution in [3.05, 3.63) is 99.9 Å². The van der Waals surface area contributed by atoms with E-state index in [1.165, 1.54) is 6.20 Å². The number of benzene rings is 1. The first kappa shape index (κ1) is 27.8. The van der Waals surface area contributed by atoms with Crippen molar-refractivity contribution in [2.75, 3.05) is 0 Å². The van der Waals surface area contributed by atoms with Gasteiger partial charge in [-0.25, -0.2) is 13.2 Å². The third-order valence-corrected chi connectivity index (χ3v) is 10.8. The minimum atomic E-state index is -3.82. The van der Waals surface area contributed by atoms with Gasteiger partial charge in [-0.2, -0.15) is 2.94 Å². The maximum Gasteiger partial charge on any atom is 0.407 e. The van der Waals surface area contributed by atoms with E-state index in [0.29, 0.717) is 23.5 Å². The number of aliphatic imine (C=N–C) groups is 1. The van der Waals surface area contributed by atoms with E-state index >= 15 is 0 Å². The molecule has 12 heteroatoms. The summed E-state index contributed by atoms with van der Waals surface area (Å²) in [5, 5.41) is 6.00. The summed E-state index contributed by atoms with van der Waals surface area (Å²) in [5.74, 6) is -0.844. The van der Waals surface area contributed by atoms with Crippen LogP contribution in [0, 0.1) is 17.8 Å². The van der Waals surface area contributed by atoms with Crippen LogP contribution >= 0.6 is 22.9 Å². The second-order valence-electron chi connectivity index (χ2n) is 10.5. The quantitative estimate of drug-likeness (QED) is 0.284. The van der Waals surface area contributed by atoms with Crippen molar-refractivity contribution in [1.29, 1.82) is 0 Å². The highest BCUT2D eigenvalue weighted by atomic mass is 127. The molecule has 2 amide bonds. The van der Waals surface area contributed by atoms with E-state index in [9.17, 15) is 18.0 Å². The highest BCUT2D eigenvalue weighted by Gasteiger charge is 2.47. The van der Waals surface area contributed by atoms with E-state index in [2.05, 4.69) is 18.6 Å². The Bertz CT molecular complexity index is 1590. The number of aromatic nitrogens is 1. The number of nitrogens with one attached hydrogen (secondary N) is 3. The Morgan fingerprint density at radius 1 is 1.02 bits per heavy atom. The van der Waals surface area contributed by atoms with Crippen LogP contribution in [0.5, 0.6) is 0 Å². The van der Waals surface area contributed by atoms with Gasteiger partial charge in [0, 0.05) is 64.9 Å². The Hall–Kier alpha value is -3.36. The van der Waals surface area contributed by atoms with E-state index in [0.717, 1.165) is 29.7 Å². The third kappa shape index (κ3) is 5.86. The van der Waals surface area contributed by atoms with Gasteiger partial charge >= 0.3 is 6.09 Å². The van der Waals surface area contributed by atoms with Gasteiger partial charge in [-0.15, -0.1) is 0 Å². The SMILES string of the molecule is O=C(N[C@@H]1C[C@@H](NC(=O)c2cccnc2)C2=C1C=C(S(=O)(=O)NI)C1C=C(C3CC3)N=CC21)OCc1ccccc1. The van der Waals surface area contributed by atoms with E-state index < -0.39 is 40.0 Å². The Kier molecular flexibility index (Phi) is 7.79. The van der Waals surface area contributed by atoms with Gasteiger partial charge in [0.2, 0.25) is 10.0 Å². The van der Waals surface area contributed by atoms with Gasteiger partial charge in [-0.3, -0.25) is 14.8 Å². The minimum absolute atomic E-state index is 0.0901. The first-order valence-electron chi connectivity index (χ1n) is 13.4. The van der Waals surface area contributed by atoms with Gasteiger partial charge in [-0.1, -0.05) is 36.4 Å². The van der Waals surface area contributed by atoms with Crippen LogP contribution in [0.2, 0.25) is 0 Å². The smallest absolute Gasteiger partial charge is 0.407 e. The molecule has 2 aromatic rings. The van der Waals surface area contributed by atoms with Crippen LogP contribution in [0.25, 0.3) is 0 Å². The zero-order chi connectivity index (χ0) is 28.6. The number of rotatable bonds is 8. The topological polar surface area (TPSA) is 139 Å². The molecule has 2 unspecified atom stereocenters. The fourth-order valence-electron chi connectivity index (χ4n) is 5.71. The van der Waals surface area contributed by atoms with Crippen LogP contribution < -0.4 is 13.6 Å². The lowest BCUT2D eigenvalue weighted by atomic mass is 9.77. The first-order chi connectivity index (χ1) is 19.8. The minimum Gasteiger partial charge on any atom is -0.445 e. The van der Waals surface area contributed by atoms with Gasteiger partial charge in [0.15, 0.2) is 0 Å². The Labute approximate surface area is 252 Å². The molecule has 0 saturated heterocycles. The van der Waals surface area contributed by atoms with E-state index in [1.54, 1.807) is 47.3 Å². The zero-order valence-electron chi connectivity index (χ0n) is 21.9. The van der Waals surface area contributed by atoms with Crippen LogP contribution in [0.1, 0.15) is 35.2 Å². The zero-order valence-corrected chi connectivity index (χ0v) is 24.8. The van der Waals surface area contributed by atoms with Crippen molar-refractivity contribution < 1.29 is 22.7 Å². The average molecular weight is 686 g/mol. The molecule has 3 N–H and O–H groups in total. The standard InChI is InChI=1S/C29H28IN5O5S/c30-35-41(38,39)26-12-21-24(34-29(37)40-16-17-5-2-1-3-6-17)13-25(33-28(36)19-7-4-10-31-14-19)27(21)22-15-32-23(11-20(22)26)18-8-9-18/h1-7,10-12,14-15,18,20,22,24-25,35H,8-9,13,16H2,(H,33,36)(H,34,37)/t20?,22?,24-,25-/m1/s1. The lowest BCUT2D eigenvalue weighted by molar-refractivity contribution is 0.0940. The molecule has 1 aliphatic heterocycles. The summed E-state index contributed by atoms with van der Waals surface area (Å²) >= 11 is 1.63. The van der Waals surface area contributed by atoms with Crippen molar-refractivity contribution in [2.24, 2.45) is 22.7 Å². The molecule has 212 valence electrons. The Morgan fingerprint density at radius 2 is 1.83 bits per heavy atom. The largest absolute Gasteiger partial charge is 0.445 e. The number of allylic oxidation sites excluding steroid dienone is 3. The molecule has 2 heterocycles. The van der Waals surface area contributed by atoms with Crippen molar-refractivity contribution in [1.82, 2.24) is 18.6 Å². The maximum absolute atomic E-state index is 13.3. The van der Waals surface area contributed by atoms with Crippen molar-refractivity contribution in [3.63, 3.8) is 0 Å². The van der Waals surface area contributed by atoms with Gasteiger partial charge in [-0.05, 0) is 54.2 Å². The molecule has 0 bridgehead atoms. The number of carbonyl (C=O) groups excluding carboxylic acids is 2. The number of sulfonamides is 1. The summed E-state index contributed by atoms with van der Waals surface area (Å²) in [6.45, 7) is 0.0901. The van der Waals surface area contributed by atoms with E-state index in [-0.39, 0.29) is 17.4 Å². The highest BCUT2D eigenvalue weighted by Crippen LogP contribution is 2.48. The number of pyridine rings is 1. The predicted octanol–water partition coefficient (Wildman–Crippen LogP) is 3.95. The summed E-state index contributed by atoms with van der Waals surface area (Å²) in [6, 6.07) is 11.6. The number of hydrogen-bond donors (Lipinski definition) is 3. The van der Waals surface area contributed by atoms with Gasteiger partial charge < -0.3 is 15.4 Å². The summed E-state index contributed by atoms with van der Waals surface area (Å²) in [6.07, 6.45) is 10.3. The van der Waals surface area contributed by atoms with Crippen molar-refractivity contribution in [3.8, 4) is 0 Å². The first-order valence-corrected chi connectivity index (χ1v) is 15.9. The van der Waals surface area contributed by atoms with Crippen LogP contribution in [-0.2, 0) is 21.4 Å². The van der Waals surface area contributed by atoms with Crippen molar-refractivity contribution >= 4 is 51.1 Å². The molecular formula is C29H28IN5O5S. The number of ether oxygens (including phenoxy) is 1. The molecule has 6 rings (SSSR count). The van der Waals surface area contributed by atoms with Crippen LogP contribution in [0.4, 0.5) is 4.79 Å². The Morgan fingerprint density at radius 3 is 2.54 bits per heavy atom. The number of amides is 2. The number of alkyl carbamates (subject to hydrolysis) is 1. The number of hydrogen-bond acceptors (Lipinski definition) is 7. The summed E-state index contributed by atoms with van der Waals surface area (Å²) < 4.78 is 34.4. The summed E-state index contributed by atoms with van der Waals surface area (Å²) in [7, 11) is -3.82. The predicted molar refractivity (Wildman–Crippen MR) is 161 cm³/mol. The second-order valence-corrected chi connectivity index (χ2v) is 13.4. The van der Waals surface area contributed by atoms with Crippen LogP contribution in [-0.4, -0.2) is 43.7 Å². The number of halogens is 1. The Balaban J connectivity index is 1.34. The summed E-state index contributed by atoms with van der Waals surface area (Å²) in [5.41, 5.74) is 3.62. The average Bonchev–Trinajstić information content (AvgIpc) is 3.80. The molecule has 4 atom stereocenters. The fourth-order valence-corrected chi connectivity index (χ4v) is 7.42. The lowest BCUT2D eigenvalue weighted by Crippen LogP contribution is -2.41. The molecular weight excluding hydrogens is 657 g/mol. The van der Waals surface area contributed by atoms with E-state index in [4.69, 9.17) is 9.73 Å². The molecule has 0 radical (unpaired) electrons. The number of carbonyl (C=O) groups is 2. The van der Waals surface area contributed by atoms with Crippen LogP contribution in [0.15, 0.2) is 93.8 Å². The van der Waals surface area contributed by atoms with Gasteiger partial charge in [0.1, 0.15) is 6.61 Å². The number of fused-ring (bicyclic) bond motifs is 2. The highest BCUT2D eigenvalue weighted by molar-refractivity contribution is 14.1. The summed E-state index contributed by atoms with van der Waals surface area (Å²) in [4.78, 5) is 35.1.